The lowest BCUT2D eigenvalue weighted by atomic mass is 9.80. The van der Waals surface area contributed by atoms with E-state index in [0.29, 0.717) is 5.28 Å². The first kappa shape index (κ1) is 9.91. The molecule has 3 heteroatoms. The van der Waals surface area contributed by atoms with Gasteiger partial charge in [-0.2, -0.15) is 0 Å². The normalized spacial score (nSPS) is 21.0. The number of aromatic nitrogens is 2. The average Bonchev–Trinajstić information content (AvgIpc) is 2.16. The van der Waals surface area contributed by atoms with E-state index < -0.39 is 0 Å². The minimum Gasteiger partial charge on any atom is -0.226 e. The Morgan fingerprint density at radius 1 is 1.50 bits per heavy atom. The Kier molecular flexibility index (Phi) is 2.73. The smallest absolute Gasteiger partial charge is 0.222 e. The molecule has 2 rings (SSSR count). The monoisotopic (exact) mass is 210 g/mol. The molecule has 0 N–H and O–H groups in total. The molecule has 76 valence electrons. The molecule has 14 heavy (non-hydrogen) atoms. The summed E-state index contributed by atoms with van der Waals surface area (Å²) in [5, 5.41) is 0.381. The Morgan fingerprint density at radius 2 is 2.29 bits per heavy atom. The van der Waals surface area contributed by atoms with E-state index >= 15 is 0 Å². The average molecular weight is 211 g/mol. The van der Waals surface area contributed by atoms with Gasteiger partial charge in [-0.1, -0.05) is 13.8 Å². The second-order valence-corrected chi connectivity index (χ2v) is 4.70. The van der Waals surface area contributed by atoms with Crippen molar-refractivity contribution in [3.05, 3.63) is 22.7 Å². The Balaban J connectivity index is 2.23. The van der Waals surface area contributed by atoms with Crippen LogP contribution in [-0.2, 0) is 12.8 Å². The van der Waals surface area contributed by atoms with Gasteiger partial charge in [0.25, 0.3) is 0 Å². The Labute approximate surface area is 89.7 Å². The number of aryl methyl sites for hydroxylation is 1. The summed E-state index contributed by atoms with van der Waals surface area (Å²) in [5.41, 5.74) is 2.45. The first-order valence-corrected chi connectivity index (χ1v) is 5.55. The summed E-state index contributed by atoms with van der Waals surface area (Å²) in [7, 11) is 0. The minimum absolute atomic E-state index is 0.381. The van der Waals surface area contributed by atoms with Crippen LogP contribution in [0.1, 0.15) is 31.5 Å². The summed E-state index contributed by atoms with van der Waals surface area (Å²) < 4.78 is 0. The van der Waals surface area contributed by atoms with E-state index in [9.17, 15) is 0 Å². The Morgan fingerprint density at radius 3 is 3.00 bits per heavy atom. The molecule has 0 aliphatic heterocycles. The second kappa shape index (κ2) is 3.85. The lowest BCUT2D eigenvalue weighted by Crippen LogP contribution is -2.20. The molecular formula is C11H15ClN2. The van der Waals surface area contributed by atoms with Crippen LogP contribution in [0.2, 0.25) is 5.28 Å². The van der Waals surface area contributed by atoms with E-state index in [1.807, 2.05) is 6.20 Å². The molecule has 0 saturated carbocycles. The number of hydrogen-bond donors (Lipinski definition) is 0. The third-order valence-corrected chi connectivity index (χ3v) is 3.28. The van der Waals surface area contributed by atoms with E-state index in [1.54, 1.807) is 0 Å². The van der Waals surface area contributed by atoms with E-state index in [-0.39, 0.29) is 0 Å². The maximum atomic E-state index is 5.75. The second-order valence-electron chi connectivity index (χ2n) is 4.36. The van der Waals surface area contributed by atoms with Crippen LogP contribution < -0.4 is 0 Å². The van der Waals surface area contributed by atoms with Crippen LogP contribution in [0.15, 0.2) is 6.20 Å². The molecule has 0 bridgehead atoms. The lowest BCUT2D eigenvalue weighted by molar-refractivity contribution is 0.339. The van der Waals surface area contributed by atoms with E-state index in [2.05, 4.69) is 23.8 Å². The zero-order valence-electron chi connectivity index (χ0n) is 8.63. The van der Waals surface area contributed by atoms with Gasteiger partial charge in [-0.3, -0.25) is 0 Å². The molecule has 0 spiro atoms. The van der Waals surface area contributed by atoms with Crippen molar-refractivity contribution in [1.29, 1.82) is 0 Å². The molecule has 1 unspecified atom stereocenters. The summed E-state index contributed by atoms with van der Waals surface area (Å²) in [6.07, 6.45) is 5.29. The third-order valence-electron chi connectivity index (χ3n) is 3.10. The molecule has 1 atom stereocenters. The molecule has 1 aromatic heterocycles. The molecule has 1 aliphatic rings. The highest BCUT2D eigenvalue weighted by molar-refractivity contribution is 6.28. The van der Waals surface area contributed by atoms with Crippen molar-refractivity contribution in [1.82, 2.24) is 9.97 Å². The number of hydrogen-bond acceptors (Lipinski definition) is 2. The fourth-order valence-corrected chi connectivity index (χ4v) is 2.23. The SMILES string of the molecule is CC(C)C1CCc2nc(Cl)ncc2C1. The highest BCUT2D eigenvalue weighted by Gasteiger charge is 2.22. The van der Waals surface area contributed by atoms with Crippen molar-refractivity contribution in [2.45, 2.75) is 33.1 Å². The molecule has 0 amide bonds. The van der Waals surface area contributed by atoms with Crippen LogP contribution in [0.5, 0.6) is 0 Å². The fourth-order valence-electron chi connectivity index (χ4n) is 2.08. The van der Waals surface area contributed by atoms with E-state index in [1.165, 1.54) is 12.0 Å². The molecule has 1 heterocycles. The van der Waals surface area contributed by atoms with Crippen molar-refractivity contribution in [2.75, 3.05) is 0 Å². The molecular weight excluding hydrogens is 196 g/mol. The van der Waals surface area contributed by atoms with Crippen LogP contribution in [0.25, 0.3) is 0 Å². The van der Waals surface area contributed by atoms with Gasteiger partial charge in [-0.05, 0) is 48.3 Å². The quantitative estimate of drug-likeness (QED) is 0.667. The Bertz CT molecular complexity index is 336. The first-order chi connectivity index (χ1) is 6.66. The van der Waals surface area contributed by atoms with Crippen LogP contribution in [0, 0.1) is 11.8 Å². The van der Waals surface area contributed by atoms with Gasteiger partial charge in [0.1, 0.15) is 0 Å². The van der Waals surface area contributed by atoms with Crippen LogP contribution >= 0.6 is 11.6 Å². The summed E-state index contributed by atoms with van der Waals surface area (Å²) in [5.74, 6) is 1.53. The zero-order valence-corrected chi connectivity index (χ0v) is 9.38. The van der Waals surface area contributed by atoms with Crippen LogP contribution in [-0.4, -0.2) is 9.97 Å². The van der Waals surface area contributed by atoms with E-state index in [0.717, 1.165) is 30.4 Å². The predicted octanol–water partition coefficient (Wildman–Crippen LogP) is 2.89. The van der Waals surface area contributed by atoms with Gasteiger partial charge < -0.3 is 0 Å². The zero-order chi connectivity index (χ0) is 10.1. The van der Waals surface area contributed by atoms with Gasteiger partial charge in [-0.15, -0.1) is 0 Å². The van der Waals surface area contributed by atoms with Crippen molar-refractivity contribution in [3.63, 3.8) is 0 Å². The molecule has 0 fully saturated rings. The molecule has 0 saturated heterocycles. The molecule has 2 nitrogen and oxygen atoms in total. The van der Waals surface area contributed by atoms with Crippen LogP contribution in [0.3, 0.4) is 0 Å². The van der Waals surface area contributed by atoms with Crippen LogP contribution in [0.4, 0.5) is 0 Å². The summed E-state index contributed by atoms with van der Waals surface area (Å²) >= 11 is 5.75. The maximum absolute atomic E-state index is 5.75. The van der Waals surface area contributed by atoms with Crippen molar-refractivity contribution in [2.24, 2.45) is 11.8 Å². The predicted molar refractivity (Wildman–Crippen MR) is 57.4 cm³/mol. The van der Waals surface area contributed by atoms with Gasteiger partial charge in [0, 0.05) is 11.9 Å². The summed E-state index contributed by atoms with van der Waals surface area (Å²) in [4.78, 5) is 8.30. The van der Waals surface area contributed by atoms with Crippen molar-refractivity contribution in [3.8, 4) is 0 Å². The fraction of sp³-hybridized carbons (Fsp3) is 0.636. The first-order valence-electron chi connectivity index (χ1n) is 5.17. The van der Waals surface area contributed by atoms with Gasteiger partial charge in [0.2, 0.25) is 5.28 Å². The highest BCUT2D eigenvalue weighted by Crippen LogP contribution is 2.29. The molecule has 1 aromatic rings. The van der Waals surface area contributed by atoms with Crippen molar-refractivity contribution >= 4 is 11.6 Å². The number of nitrogens with zero attached hydrogens (tertiary/aromatic N) is 2. The summed E-state index contributed by atoms with van der Waals surface area (Å²) in [6.45, 7) is 4.57. The number of fused-ring (bicyclic) bond motifs is 1. The number of rotatable bonds is 1. The minimum atomic E-state index is 0.381. The molecule has 0 radical (unpaired) electrons. The van der Waals surface area contributed by atoms with Gasteiger partial charge in [0.15, 0.2) is 0 Å². The van der Waals surface area contributed by atoms with E-state index in [4.69, 9.17) is 11.6 Å². The summed E-state index contributed by atoms with van der Waals surface area (Å²) in [6, 6.07) is 0. The van der Waals surface area contributed by atoms with Crippen molar-refractivity contribution < 1.29 is 0 Å². The molecule has 0 aromatic carbocycles. The maximum Gasteiger partial charge on any atom is 0.222 e. The van der Waals surface area contributed by atoms with Gasteiger partial charge in [-0.25, -0.2) is 9.97 Å². The van der Waals surface area contributed by atoms with Gasteiger partial charge >= 0.3 is 0 Å². The largest absolute Gasteiger partial charge is 0.226 e. The number of halogens is 1. The lowest BCUT2D eigenvalue weighted by Gasteiger charge is -2.26. The topological polar surface area (TPSA) is 25.8 Å². The third kappa shape index (κ3) is 1.90. The van der Waals surface area contributed by atoms with Gasteiger partial charge in [0.05, 0.1) is 0 Å². The highest BCUT2D eigenvalue weighted by atomic mass is 35.5. The molecule has 1 aliphatic carbocycles. The standard InChI is InChI=1S/C11H15ClN2/c1-7(2)8-3-4-10-9(5-8)6-13-11(12)14-10/h6-8H,3-5H2,1-2H3. The Hall–Kier alpha value is -0.630.